The molecule has 0 spiro atoms. The van der Waals surface area contributed by atoms with Crippen LogP contribution in [0.1, 0.15) is 5.69 Å². The van der Waals surface area contributed by atoms with Gasteiger partial charge < -0.3 is 9.30 Å². The van der Waals surface area contributed by atoms with Gasteiger partial charge in [-0.2, -0.15) is 5.10 Å². The maximum absolute atomic E-state index is 6.11. The number of rotatable bonds is 3. The van der Waals surface area contributed by atoms with Crippen LogP contribution in [0.15, 0.2) is 48.5 Å². The Labute approximate surface area is 150 Å². The second-order valence-electron chi connectivity index (χ2n) is 5.93. The van der Waals surface area contributed by atoms with Crippen molar-refractivity contribution in [2.24, 2.45) is 14.1 Å². The monoisotopic (exact) mass is 352 g/mol. The Hall–Kier alpha value is -2.79. The fraction of sp³-hybridized carbons (Fsp3) is 0.158. The highest BCUT2D eigenvalue weighted by Crippen LogP contribution is 2.36. The van der Waals surface area contributed by atoms with Gasteiger partial charge in [0.05, 0.1) is 16.7 Å². The van der Waals surface area contributed by atoms with Gasteiger partial charge >= 0.3 is 0 Å². The highest BCUT2D eigenvalue weighted by atomic mass is 35.5. The van der Waals surface area contributed by atoms with Crippen molar-refractivity contribution in [2.75, 3.05) is 0 Å². The topological polar surface area (TPSA) is 44.9 Å². The van der Waals surface area contributed by atoms with Gasteiger partial charge in [-0.15, -0.1) is 0 Å². The number of nitrogens with zero attached hydrogens (tertiary/aromatic N) is 4. The molecule has 0 aliphatic rings. The first kappa shape index (κ1) is 15.7. The first-order chi connectivity index (χ1) is 12.0. The van der Waals surface area contributed by atoms with Gasteiger partial charge in [-0.25, -0.2) is 9.67 Å². The van der Waals surface area contributed by atoms with E-state index in [0.29, 0.717) is 16.7 Å². The molecule has 0 saturated heterocycles. The minimum absolute atomic E-state index is 0.651. The van der Waals surface area contributed by atoms with Crippen LogP contribution in [0.4, 0.5) is 0 Å². The van der Waals surface area contributed by atoms with Crippen LogP contribution in [0.3, 0.4) is 0 Å². The summed E-state index contributed by atoms with van der Waals surface area (Å²) >= 11 is 5.96. The predicted molar refractivity (Wildman–Crippen MR) is 99.2 cm³/mol. The van der Waals surface area contributed by atoms with Crippen molar-refractivity contribution >= 4 is 22.6 Å². The fourth-order valence-electron chi connectivity index (χ4n) is 2.99. The Bertz CT molecular complexity index is 1060. The van der Waals surface area contributed by atoms with Crippen LogP contribution in [-0.2, 0) is 14.1 Å². The maximum atomic E-state index is 6.11. The van der Waals surface area contributed by atoms with E-state index in [4.69, 9.17) is 21.3 Å². The highest BCUT2D eigenvalue weighted by Gasteiger charge is 2.22. The van der Waals surface area contributed by atoms with E-state index in [1.807, 2.05) is 51.4 Å². The molecule has 126 valence electrons. The first-order valence-electron chi connectivity index (χ1n) is 7.93. The number of benzene rings is 2. The summed E-state index contributed by atoms with van der Waals surface area (Å²) in [5.41, 5.74) is 3.76. The molecule has 0 amide bonds. The maximum Gasteiger partial charge on any atom is 0.228 e. The van der Waals surface area contributed by atoms with Gasteiger partial charge in [0.1, 0.15) is 17.1 Å². The van der Waals surface area contributed by atoms with Gasteiger partial charge in [0.2, 0.25) is 5.88 Å². The largest absolute Gasteiger partial charge is 0.439 e. The Balaban J connectivity index is 1.86. The molecule has 25 heavy (non-hydrogen) atoms. The molecule has 0 atom stereocenters. The molecule has 6 heteroatoms. The number of aryl methyl sites for hydroxylation is 3. The standard InChI is InChI=1S/C19H17ClN4O/c1-12-17(18-21-15-6-4-5-7-16(15)23(18)2)19(24(3)22-12)25-14-10-8-13(20)9-11-14/h4-11H,1-3H3. The normalized spacial score (nSPS) is 11.2. The fourth-order valence-corrected chi connectivity index (χ4v) is 3.12. The van der Waals surface area contributed by atoms with Crippen LogP contribution in [0, 0.1) is 6.92 Å². The molecule has 0 N–H and O–H groups in total. The van der Waals surface area contributed by atoms with Crippen LogP contribution in [0.2, 0.25) is 5.02 Å². The molecule has 0 aliphatic heterocycles. The molecule has 4 aromatic rings. The van der Waals surface area contributed by atoms with Crippen molar-refractivity contribution in [1.82, 2.24) is 19.3 Å². The number of hydrogen-bond donors (Lipinski definition) is 0. The Morgan fingerprint density at radius 1 is 1.00 bits per heavy atom. The third-order valence-corrected chi connectivity index (χ3v) is 4.46. The summed E-state index contributed by atoms with van der Waals surface area (Å²) in [4.78, 5) is 4.78. The molecule has 0 fully saturated rings. The Morgan fingerprint density at radius 2 is 1.72 bits per heavy atom. The van der Waals surface area contributed by atoms with E-state index < -0.39 is 0 Å². The summed E-state index contributed by atoms with van der Waals surface area (Å²) in [5, 5.41) is 5.20. The number of para-hydroxylation sites is 2. The molecule has 2 aromatic carbocycles. The lowest BCUT2D eigenvalue weighted by atomic mass is 10.2. The predicted octanol–water partition coefficient (Wildman–Crippen LogP) is 4.73. The quantitative estimate of drug-likeness (QED) is 0.535. The van der Waals surface area contributed by atoms with Gasteiger partial charge in [0.25, 0.3) is 0 Å². The number of ether oxygens (including phenoxy) is 1. The Morgan fingerprint density at radius 3 is 2.44 bits per heavy atom. The summed E-state index contributed by atoms with van der Waals surface area (Å²) in [5.74, 6) is 2.18. The second-order valence-corrected chi connectivity index (χ2v) is 6.36. The molecule has 0 bridgehead atoms. The van der Waals surface area contributed by atoms with Gasteiger partial charge in [0.15, 0.2) is 0 Å². The van der Waals surface area contributed by atoms with Crippen molar-refractivity contribution in [3.05, 3.63) is 59.2 Å². The Kier molecular flexibility index (Phi) is 3.73. The van der Waals surface area contributed by atoms with E-state index in [2.05, 4.69) is 15.7 Å². The van der Waals surface area contributed by atoms with Crippen molar-refractivity contribution in [3.63, 3.8) is 0 Å². The highest BCUT2D eigenvalue weighted by molar-refractivity contribution is 6.30. The number of halogens is 1. The summed E-state index contributed by atoms with van der Waals surface area (Å²) in [6.45, 7) is 1.96. The lowest BCUT2D eigenvalue weighted by molar-refractivity contribution is 0.431. The summed E-state index contributed by atoms with van der Waals surface area (Å²) in [6, 6.07) is 15.3. The molecule has 2 heterocycles. The summed E-state index contributed by atoms with van der Waals surface area (Å²) < 4.78 is 9.91. The summed E-state index contributed by atoms with van der Waals surface area (Å²) in [7, 11) is 3.87. The minimum Gasteiger partial charge on any atom is -0.439 e. The molecule has 0 saturated carbocycles. The van der Waals surface area contributed by atoms with Crippen molar-refractivity contribution in [3.8, 4) is 23.0 Å². The van der Waals surface area contributed by atoms with E-state index in [0.717, 1.165) is 28.1 Å². The van der Waals surface area contributed by atoms with E-state index in [-0.39, 0.29) is 0 Å². The molecule has 0 radical (unpaired) electrons. The third-order valence-electron chi connectivity index (χ3n) is 4.21. The smallest absolute Gasteiger partial charge is 0.228 e. The lowest BCUT2D eigenvalue weighted by Crippen LogP contribution is -1.98. The average Bonchev–Trinajstić information content (AvgIpc) is 3.06. The molecule has 5 nitrogen and oxygen atoms in total. The van der Waals surface area contributed by atoms with Gasteiger partial charge in [0, 0.05) is 19.1 Å². The van der Waals surface area contributed by atoms with Gasteiger partial charge in [-0.3, -0.25) is 0 Å². The first-order valence-corrected chi connectivity index (χ1v) is 8.31. The van der Waals surface area contributed by atoms with Crippen LogP contribution in [-0.4, -0.2) is 19.3 Å². The van der Waals surface area contributed by atoms with E-state index in [1.54, 1.807) is 16.8 Å². The molecule has 2 aromatic heterocycles. The molecule has 0 unspecified atom stereocenters. The van der Waals surface area contributed by atoms with Crippen molar-refractivity contribution in [1.29, 1.82) is 0 Å². The zero-order chi connectivity index (χ0) is 17.6. The molecule has 0 aliphatic carbocycles. The van der Waals surface area contributed by atoms with Crippen molar-refractivity contribution in [2.45, 2.75) is 6.92 Å². The van der Waals surface area contributed by atoms with E-state index >= 15 is 0 Å². The minimum atomic E-state index is 0.651. The number of aromatic nitrogens is 4. The van der Waals surface area contributed by atoms with Gasteiger partial charge in [-0.05, 0) is 43.3 Å². The molecular formula is C19H17ClN4O. The zero-order valence-corrected chi connectivity index (χ0v) is 14.9. The summed E-state index contributed by atoms with van der Waals surface area (Å²) in [6.07, 6.45) is 0. The van der Waals surface area contributed by atoms with E-state index in [1.165, 1.54) is 0 Å². The molecule has 4 rings (SSSR count). The third kappa shape index (κ3) is 2.66. The van der Waals surface area contributed by atoms with Crippen LogP contribution < -0.4 is 4.74 Å². The van der Waals surface area contributed by atoms with Gasteiger partial charge in [-0.1, -0.05) is 23.7 Å². The van der Waals surface area contributed by atoms with Crippen LogP contribution in [0.25, 0.3) is 22.4 Å². The van der Waals surface area contributed by atoms with Crippen LogP contribution in [0.5, 0.6) is 11.6 Å². The average molecular weight is 353 g/mol. The second kappa shape index (κ2) is 5.93. The lowest BCUT2D eigenvalue weighted by Gasteiger charge is -2.09. The molecular weight excluding hydrogens is 336 g/mol. The zero-order valence-electron chi connectivity index (χ0n) is 14.2. The number of imidazole rings is 1. The number of hydrogen-bond acceptors (Lipinski definition) is 3. The van der Waals surface area contributed by atoms with E-state index in [9.17, 15) is 0 Å². The van der Waals surface area contributed by atoms with Crippen LogP contribution >= 0.6 is 11.6 Å². The SMILES string of the molecule is Cc1nn(C)c(Oc2ccc(Cl)cc2)c1-c1nc2ccccc2n1C. The number of fused-ring (bicyclic) bond motifs is 1. The van der Waals surface area contributed by atoms with Crippen molar-refractivity contribution < 1.29 is 4.74 Å².